The number of primary sulfonamides is 1. The molecule has 0 bridgehead atoms. The summed E-state index contributed by atoms with van der Waals surface area (Å²) in [6.45, 7) is 3.78. The van der Waals surface area contributed by atoms with E-state index < -0.39 is 26.5 Å². The number of hydrogen-bond acceptors (Lipinski definition) is 4. The van der Waals surface area contributed by atoms with Crippen molar-refractivity contribution in [3.63, 3.8) is 0 Å². The van der Waals surface area contributed by atoms with E-state index in [0.29, 0.717) is 11.4 Å². The van der Waals surface area contributed by atoms with Crippen molar-refractivity contribution in [2.24, 2.45) is 5.14 Å². The fraction of sp³-hybridized carbons (Fsp3) is 0.118. The fourth-order valence-electron chi connectivity index (χ4n) is 2.72. The van der Waals surface area contributed by atoms with Gasteiger partial charge in [0.1, 0.15) is 17.0 Å². The lowest BCUT2D eigenvalue weighted by Crippen LogP contribution is -2.15. The first-order valence-corrected chi connectivity index (χ1v) is 8.83. The van der Waals surface area contributed by atoms with Crippen LogP contribution in [0.3, 0.4) is 0 Å². The first kappa shape index (κ1) is 17.1. The highest BCUT2D eigenvalue weighted by atomic mass is 32.2. The van der Waals surface area contributed by atoms with Crippen molar-refractivity contribution in [3.05, 3.63) is 70.2 Å². The molecule has 1 heterocycles. The highest BCUT2D eigenvalue weighted by molar-refractivity contribution is 7.89. The topological polar surface area (TPSA) is 95.3 Å². The normalized spacial score (nSPS) is 11.7. The number of benzene rings is 2. The van der Waals surface area contributed by atoms with E-state index in [-0.39, 0.29) is 5.56 Å². The van der Waals surface area contributed by atoms with Gasteiger partial charge in [0.15, 0.2) is 0 Å². The average molecular weight is 362 g/mol. The SMILES string of the molecule is Cc1cc(C)cc(-n2c(-c3ccc(S(N)(=O)=O)c(F)c3)coc2=O)c1. The van der Waals surface area contributed by atoms with Crippen molar-refractivity contribution in [2.75, 3.05) is 0 Å². The summed E-state index contributed by atoms with van der Waals surface area (Å²) < 4.78 is 43.1. The minimum absolute atomic E-state index is 0.287. The van der Waals surface area contributed by atoms with Crippen molar-refractivity contribution in [1.82, 2.24) is 4.57 Å². The van der Waals surface area contributed by atoms with Crippen molar-refractivity contribution in [1.29, 1.82) is 0 Å². The van der Waals surface area contributed by atoms with Crippen LogP contribution in [0.5, 0.6) is 0 Å². The van der Waals surface area contributed by atoms with E-state index in [1.165, 1.54) is 16.9 Å². The van der Waals surface area contributed by atoms with E-state index >= 15 is 0 Å². The van der Waals surface area contributed by atoms with E-state index in [0.717, 1.165) is 23.3 Å². The minimum Gasteiger partial charge on any atom is -0.415 e. The molecule has 0 saturated carbocycles. The Morgan fingerprint density at radius 1 is 1.08 bits per heavy atom. The molecule has 130 valence electrons. The summed E-state index contributed by atoms with van der Waals surface area (Å²) in [6, 6.07) is 8.97. The van der Waals surface area contributed by atoms with Gasteiger partial charge in [-0.2, -0.15) is 0 Å². The van der Waals surface area contributed by atoms with Crippen LogP contribution in [0.1, 0.15) is 11.1 Å². The predicted molar refractivity (Wildman–Crippen MR) is 90.5 cm³/mol. The van der Waals surface area contributed by atoms with Crippen LogP contribution in [0.25, 0.3) is 16.9 Å². The van der Waals surface area contributed by atoms with Gasteiger partial charge in [-0.1, -0.05) is 12.1 Å². The maximum atomic E-state index is 14.1. The Balaban J connectivity index is 2.21. The summed E-state index contributed by atoms with van der Waals surface area (Å²) in [7, 11) is -4.17. The van der Waals surface area contributed by atoms with E-state index in [2.05, 4.69) is 0 Å². The molecule has 3 rings (SSSR count). The zero-order valence-corrected chi connectivity index (χ0v) is 14.3. The third-order valence-electron chi connectivity index (χ3n) is 3.69. The zero-order valence-electron chi connectivity index (χ0n) is 13.5. The number of halogens is 1. The van der Waals surface area contributed by atoms with Gasteiger partial charge < -0.3 is 4.42 Å². The standard InChI is InChI=1S/C17H15FN2O4S/c1-10-5-11(2)7-13(6-10)20-15(9-24-17(20)21)12-3-4-16(14(18)8-12)25(19,22)23/h3-9H,1-2H3,(H2,19,22,23). The average Bonchev–Trinajstić information content (AvgIpc) is 2.86. The first-order valence-electron chi connectivity index (χ1n) is 7.29. The van der Waals surface area contributed by atoms with Gasteiger partial charge >= 0.3 is 5.76 Å². The monoisotopic (exact) mass is 362 g/mol. The van der Waals surface area contributed by atoms with E-state index in [4.69, 9.17) is 9.56 Å². The molecule has 0 saturated heterocycles. The van der Waals surface area contributed by atoms with Crippen molar-refractivity contribution in [2.45, 2.75) is 18.7 Å². The molecular formula is C17H15FN2O4S. The van der Waals surface area contributed by atoms with Gasteiger partial charge in [-0.05, 0) is 49.2 Å². The summed E-state index contributed by atoms with van der Waals surface area (Å²) >= 11 is 0. The lowest BCUT2D eigenvalue weighted by atomic mass is 10.1. The molecule has 3 aromatic rings. The second-order valence-corrected chi connectivity index (χ2v) is 7.29. The molecule has 0 fully saturated rings. The predicted octanol–water partition coefficient (Wildman–Crippen LogP) is 2.50. The molecule has 0 unspecified atom stereocenters. The molecule has 0 amide bonds. The lowest BCUT2D eigenvalue weighted by Gasteiger charge is -2.09. The molecule has 0 aliphatic heterocycles. The fourth-order valence-corrected chi connectivity index (χ4v) is 3.31. The summed E-state index contributed by atoms with van der Waals surface area (Å²) in [5.41, 5.74) is 3.06. The Hall–Kier alpha value is -2.71. The minimum atomic E-state index is -4.17. The Kier molecular flexibility index (Phi) is 4.09. The van der Waals surface area contributed by atoms with Gasteiger partial charge in [0, 0.05) is 5.56 Å². The summed E-state index contributed by atoms with van der Waals surface area (Å²) in [4.78, 5) is 11.5. The highest BCUT2D eigenvalue weighted by Crippen LogP contribution is 2.26. The smallest absolute Gasteiger partial charge is 0.415 e. The number of nitrogens with two attached hydrogens (primary N) is 1. The molecule has 8 heteroatoms. The third kappa shape index (κ3) is 3.26. The summed E-state index contributed by atoms with van der Waals surface area (Å²) in [5, 5.41) is 4.96. The lowest BCUT2D eigenvalue weighted by molar-refractivity contribution is 0.504. The van der Waals surface area contributed by atoms with Crippen molar-refractivity contribution >= 4 is 10.0 Å². The first-order chi connectivity index (χ1) is 11.7. The Morgan fingerprint density at radius 2 is 1.72 bits per heavy atom. The number of aromatic nitrogens is 1. The van der Waals surface area contributed by atoms with Gasteiger partial charge in [0.25, 0.3) is 0 Å². The van der Waals surface area contributed by atoms with E-state index in [9.17, 15) is 17.6 Å². The quantitative estimate of drug-likeness (QED) is 0.774. The maximum absolute atomic E-state index is 14.1. The molecule has 1 aromatic heterocycles. The molecule has 2 aromatic carbocycles. The number of aryl methyl sites for hydroxylation is 2. The molecule has 0 aliphatic rings. The Labute approximate surface area is 143 Å². The maximum Gasteiger partial charge on any atom is 0.424 e. The molecule has 2 N–H and O–H groups in total. The largest absolute Gasteiger partial charge is 0.424 e. The number of nitrogens with zero attached hydrogens (tertiary/aromatic N) is 1. The molecule has 0 spiro atoms. The summed E-state index contributed by atoms with van der Waals surface area (Å²) in [5.74, 6) is -1.63. The van der Waals surface area contributed by atoms with E-state index in [1.807, 2.05) is 19.9 Å². The molecule has 0 aliphatic carbocycles. The second kappa shape index (κ2) is 5.98. The molecule has 25 heavy (non-hydrogen) atoms. The second-order valence-electron chi connectivity index (χ2n) is 5.76. The molecular weight excluding hydrogens is 347 g/mol. The Bertz CT molecular complexity index is 1110. The van der Waals surface area contributed by atoms with Crippen LogP contribution in [-0.4, -0.2) is 13.0 Å². The third-order valence-corrected chi connectivity index (χ3v) is 4.64. The van der Waals surface area contributed by atoms with Crippen molar-refractivity contribution < 1.29 is 17.2 Å². The van der Waals surface area contributed by atoms with Crippen LogP contribution in [0, 0.1) is 19.7 Å². The number of sulfonamides is 1. The highest BCUT2D eigenvalue weighted by Gasteiger charge is 2.18. The number of oxazole rings is 1. The van der Waals surface area contributed by atoms with Crippen LogP contribution in [-0.2, 0) is 10.0 Å². The summed E-state index contributed by atoms with van der Waals surface area (Å²) in [6.07, 6.45) is 1.20. The van der Waals surface area contributed by atoms with E-state index in [1.54, 1.807) is 12.1 Å². The van der Waals surface area contributed by atoms with Crippen LogP contribution in [0.4, 0.5) is 4.39 Å². The van der Waals surface area contributed by atoms with Crippen LogP contribution in [0.15, 0.2) is 56.8 Å². The number of hydrogen-bond donors (Lipinski definition) is 1. The van der Waals surface area contributed by atoms with Crippen molar-refractivity contribution in [3.8, 4) is 16.9 Å². The molecule has 6 nitrogen and oxygen atoms in total. The molecule has 0 radical (unpaired) electrons. The van der Waals surface area contributed by atoms with Gasteiger partial charge in [-0.25, -0.2) is 27.3 Å². The van der Waals surface area contributed by atoms with Gasteiger partial charge in [0.2, 0.25) is 10.0 Å². The van der Waals surface area contributed by atoms with Crippen LogP contribution < -0.4 is 10.9 Å². The molecule has 0 atom stereocenters. The Morgan fingerprint density at radius 3 is 2.28 bits per heavy atom. The zero-order chi connectivity index (χ0) is 18.4. The van der Waals surface area contributed by atoms with Crippen LogP contribution in [0.2, 0.25) is 0 Å². The van der Waals surface area contributed by atoms with Gasteiger partial charge in [-0.3, -0.25) is 0 Å². The van der Waals surface area contributed by atoms with Gasteiger partial charge in [0.05, 0.1) is 11.4 Å². The van der Waals surface area contributed by atoms with Gasteiger partial charge in [-0.15, -0.1) is 0 Å². The number of rotatable bonds is 3. The van der Waals surface area contributed by atoms with Crippen LogP contribution >= 0.6 is 0 Å².